The third-order valence-electron chi connectivity index (χ3n) is 4.60. The molecule has 1 saturated heterocycles. The zero-order valence-corrected chi connectivity index (χ0v) is 14.0. The van der Waals surface area contributed by atoms with Crippen LogP contribution in [0.15, 0.2) is 34.9 Å². The van der Waals surface area contributed by atoms with Crippen LogP contribution in [-0.4, -0.2) is 51.2 Å². The number of nitrogens with zero attached hydrogens (tertiary/aromatic N) is 5. The number of benzene rings is 1. The number of morpholine rings is 1. The molecule has 7 heteroatoms. The lowest BCUT2D eigenvalue weighted by Gasteiger charge is -2.39. The zero-order valence-electron chi connectivity index (χ0n) is 14.0. The van der Waals surface area contributed by atoms with Crippen molar-refractivity contribution in [2.45, 2.75) is 25.9 Å². The minimum absolute atomic E-state index is 0.177. The zero-order chi connectivity index (χ0) is 16.6. The van der Waals surface area contributed by atoms with Gasteiger partial charge in [-0.2, -0.15) is 0 Å². The number of ether oxygens (including phenoxy) is 1. The minimum atomic E-state index is -0.177. The average Bonchev–Trinajstić information content (AvgIpc) is 3.22. The molecular formula is C17H21N5O2. The third-order valence-corrected chi connectivity index (χ3v) is 4.60. The monoisotopic (exact) mass is 327 g/mol. The molecule has 126 valence electrons. The first-order valence-electron chi connectivity index (χ1n) is 8.21. The van der Waals surface area contributed by atoms with Gasteiger partial charge in [0.25, 0.3) is 0 Å². The van der Waals surface area contributed by atoms with E-state index in [0.717, 1.165) is 43.1 Å². The highest BCUT2D eigenvalue weighted by Crippen LogP contribution is 2.26. The van der Waals surface area contributed by atoms with E-state index in [4.69, 9.17) is 9.15 Å². The van der Waals surface area contributed by atoms with Crippen molar-refractivity contribution in [1.82, 2.24) is 24.9 Å². The number of fused-ring (bicyclic) bond motifs is 1. The van der Waals surface area contributed by atoms with Crippen molar-refractivity contribution in [3.8, 4) is 0 Å². The van der Waals surface area contributed by atoms with Crippen molar-refractivity contribution in [1.29, 1.82) is 0 Å². The van der Waals surface area contributed by atoms with Crippen molar-refractivity contribution in [3.05, 3.63) is 42.0 Å². The highest BCUT2D eigenvalue weighted by molar-refractivity contribution is 5.72. The number of hydrogen-bond acceptors (Lipinski definition) is 6. The lowest BCUT2D eigenvalue weighted by molar-refractivity contribution is -0.0132. The van der Waals surface area contributed by atoms with E-state index in [9.17, 15) is 0 Å². The third kappa shape index (κ3) is 2.81. The highest BCUT2D eigenvalue weighted by atomic mass is 16.5. The molecule has 1 aromatic carbocycles. The van der Waals surface area contributed by atoms with Crippen LogP contribution in [0, 0.1) is 0 Å². The molecule has 1 aliphatic heterocycles. The fourth-order valence-electron chi connectivity index (χ4n) is 3.07. The maximum atomic E-state index is 5.76. The molecule has 3 aromatic rings. The van der Waals surface area contributed by atoms with E-state index >= 15 is 0 Å². The fraction of sp³-hybridized carbons (Fsp3) is 0.471. The van der Waals surface area contributed by atoms with Gasteiger partial charge in [0.15, 0.2) is 5.58 Å². The molecule has 4 rings (SSSR count). The van der Waals surface area contributed by atoms with Gasteiger partial charge in [0.05, 0.1) is 24.9 Å². The Kier molecular flexibility index (Phi) is 3.82. The first-order valence-corrected chi connectivity index (χ1v) is 8.21. The Morgan fingerprint density at radius 3 is 2.75 bits per heavy atom. The Balaban J connectivity index is 1.53. The van der Waals surface area contributed by atoms with E-state index in [1.165, 1.54) is 0 Å². The molecule has 0 bridgehead atoms. The van der Waals surface area contributed by atoms with Gasteiger partial charge in [-0.1, -0.05) is 17.3 Å². The summed E-state index contributed by atoms with van der Waals surface area (Å²) in [7, 11) is 0. The van der Waals surface area contributed by atoms with Crippen LogP contribution in [0.4, 0.5) is 0 Å². The Morgan fingerprint density at radius 1 is 1.17 bits per heavy atom. The number of rotatable bonds is 4. The summed E-state index contributed by atoms with van der Waals surface area (Å²) in [6.45, 7) is 8.16. The lowest BCUT2D eigenvalue weighted by Crippen LogP contribution is -2.48. The second kappa shape index (κ2) is 5.99. The number of aromatic nitrogens is 4. The molecule has 24 heavy (non-hydrogen) atoms. The first kappa shape index (κ1) is 15.3. The van der Waals surface area contributed by atoms with E-state index in [1.807, 2.05) is 30.5 Å². The van der Waals surface area contributed by atoms with E-state index in [-0.39, 0.29) is 5.54 Å². The van der Waals surface area contributed by atoms with Gasteiger partial charge in [-0.3, -0.25) is 4.90 Å². The van der Waals surface area contributed by atoms with E-state index < -0.39 is 0 Å². The van der Waals surface area contributed by atoms with Crippen LogP contribution in [0.2, 0.25) is 0 Å². The van der Waals surface area contributed by atoms with Gasteiger partial charge in [0.2, 0.25) is 5.89 Å². The molecule has 1 fully saturated rings. The summed E-state index contributed by atoms with van der Waals surface area (Å²) < 4.78 is 13.0. The highest BCUT2D eigenvalue weighted by Gasteiger charge is 2.32. The van der Waals surface area contributed by atoms with Crippen LogP contribution < -0.4 is 0 Å². The summed E-state index contributed by atoms with van der Waals surface area (Å²) in [4.78, 5) is 6.87. The summed E-state index contributed by atoms with van der Waals surface area (Å²) in [5, 5.41) is 8.63. The Labute approximate surface area is 140 Å². The molecule has 3 heterocycles. The second-order valence-electron chi connectivity index (χ2n) is 6.54. The van der Waals surface area contributed by atoms with Crippen molar-refractivity contribution in [3.63, 3.8) is 0 Å². The number of para-hydroxylation sites is 2. The molecule has 0 unspecified atom stereocenters. The predicted octanol–water partition coefficient (Wildman–Crippen LogP) is 2.03. The smallest absolute Gasteiger partial charge is 0.217 e. The van der Waals surface area contributed by atoms with Crippen molar-refractivity contribution >= 4 is 11.1 Å². The minimum Gasteiger partial charge on any atom is -0.439 e. The Hall–Kier alpha value is -2.25. The Morgan fingerprint density at radius 2 is 1.96 bits per heavy atom. The van der Waals surface area contributed by atoms with Crippen molar-refractivity contribution in [2.75, 3.05) is 26.3 Å². The predicted molar refractivity (Wildman–Crippen MR) is 88.6 cm³/mol. The topological polar surface area (TPSA) is 69.2 Å². The van der Waals surface area contributed by atoms with Crippen molar-refractivity contribution < 1.29 is 9.15 Å². The second-order valence-corrected chi connectivity index (χ2v) is 6.54. The van der Waals surface area contributed by atoms with Gasteiger partial charge in [-0.15, -0.1) is 5.10 Å². The summed E-state index contributed by atoms with van der Waals surface area (Å²) in [6.07, 6.45) is 1.98. The van der Waals surface area contributed by atoms with Crippen molar-refractivity contribution in [2.24, 2.45) is 0 Å². The van der Waals surface area contributed by atoms with Crippen LogP contribution in [-0.2, 0) is 16.8 Å². The van der Waals surface area contributed by atoms with E-state index in [1.54, 1.807) is 4.68 Å². The molecule has 0 aliphatic carbocycles. The molecular weight excluding hydrogens is 306 g/mol. The molecule has 0 spiro atoms. The average molecular weight is 327 g/mol. The van der Waals surface area contributed by atoms with Gasteiger partial charge in [-0.05, 0) is 26.0 Å². The SMILES string of the molecule is CC(C)(c1cn(Cc2nc3ccccc3o2)nn1)N1CCOCC1. The summed E-state index contributed by atoms with van der Waals surface area (Å²) in [6, 6.07) is 7.75. The molecule has 0 amide bonds. The van der Waals surface area contributed by atoms with Crippen LogP contribution >= 0.6 is 0 Å². The quantitative estimate of drug-likeness (QED) is 0.730. The molecule has 1 aliphatic rings. The maximum absolute atomic E-state index is 5.76. The first-order chi connectivity index (χ1) is 11.6. The van der Waals surface area contributed by atoms with Gasteiger partial charge >= 0.3 is 0 Å². The normalized spacial score (nSPS) is 16.8. The molecule has 7 nitrogen and oxygen atoms in total. The van der Waals surface area contributed by atoms with E-state index in [2.05, 4.69) is 34.0 Å². The van der Waals surface area contributed by atoms with Gasteiger partial charge in [0.1, 0.15) is 17.8 Å². The van der Waals surface area contributed by atoms with Gasteiger partial charge < -0.3 is 9.15 Å². The van der Waals surface area contributed by atoms with Gasteiger partial charge in [0, 0.05) is 13.1 Å². The summed E-state index contributed by atoms with van der Waals surface area (Å²) in [5.41, 5.74) is 2.42. The summed E-state index contributed by atoms with van der Waals surface area (Å²) in [5.74, 6) is 0.636. The number of oxazole rings is 1. The maximum Gasteiger partial charge on any atom is 0.217 e. The lowest BCUT2D eigenvalue weighted by atomic mass is 9.98. The standard InChI is InChI=1S/C17H21N5O2/c1-17(2,21-7-9-23-10-8-21)15-11-22(20-19-15)12-16-18-13-5-3-4-6-14(13)24-16/h3-6,11H,7-10,12H2,1-2H3. The molecule has 0 N–H and O–H groups in total. The van der Waals surface area contributed by atoms with Crippen LogP contribution in [0.1, 0.15) is 25.4 Å². The number of hydrogen-bond donors (Lipinski definition) is 0. The van der Waals surface area contributed by atoms with Crippen LogP contribution in [0.25, 0.3) is 11.1 Å². The fourth-order valence-corrected chi connectivity index (χ4v) is 3.07. The molecule has 0 atom stereocenters. The van der Waals surface area contributed by atoms with Crippen LogP contribution in [0.3, 0.4) is 0 Å². The van der Waals surface area contributed by atoms with Crippen LogP contribution in [0.5, 0.6) is 0 Å². The molecule has 0 radical (unpaired) electrons. The molecule has 0 saturated carbocycles. The Bertz CT molecular complexity index is 799. The molecule has 2 aromatic heterocycles. The largest absolute Gasteiger partial charge is 0.439 e. The van der Waals surface area contributed by atoms with E-state index in [0.29, 0.717) is 12.4 Å². The summed E-state index contributed by atoms with van der Waals surface area (Å²) >= 11 is 0. The van der Waals surface area contributed by atoms with Gasteiger partial charge in [-0.25, -0.2) is 9.67 Å².